The van der Waals surface area contributed by atoms with Crippen LogP contribution in [0.4, 0.5) is 0 Å². The molecule has 0 saturated carbocycles. The van der Waals surface area contributed by atoms with Crippen LogP contribution in [0.15, 0.2) is 16.9 Å². The van der Waals surface area contributed by atoms with Crippen molar-refractivity contribution in [3.63, 3.8) is 0 Å². The van der Waals surface area contributed by atoms with E-state index in [-0.39, 0.29) is 0 Å². The van der Waals surface area contributed by atoms with Crippen LogP contribution in [0.1, 0.15) is 6.92 Å². The third-order valence-corrected chi connectivity index (χ3v) is 1.44. The van der Waals surface area contributed by atoms with E-state index in [1.165, 1.54) is 0 Å². The highest BCUT2D eigenvalue weighted by Gasteiger charge is 1.91. The minimum absolute atomic E-state index is 0.530. The molecule has 1 aromatic heterocycles. The van der Waals surface area contributed by atoms with Crippen LogP contribution in [0.3, 0.4) is 0 Å². The van der Waals surface area contributed by atoms with Gasteiger partial charge in [-0.2, -0.15) is 5.10 Å². The third kappa shape index (κ3) is 2.11. The zero-order chi connectivity index (χ0) is 7.40. The molecule has 0 atom stereocenters. The summed E-state index contributed by atoms with van der Waals surface area (Å²) in [6.07, 6.45) is 3.61. The van der Waals surface area contributed by atoms with Gasteiger partial charge in [0.2, 0.25) is 0 Å². The van der Waals surface area contributed by atoms with Gasteiger partial charge >= 0.3 is 0 Å². The first-order valence-electron chi connectivity index (χ1n) is 3.08. The smallest absolute Gasteiger partial charge is 0.139 e. The number of aromatic nitrogens is 2. The molecule has 0 radical (unpaired) electrons. The van der Waals surface area contributed by atoms with Gasteiger partial charge < -0.3 is 4.74 Å². The van der Waals surface area contributed by atoms with Crippen LogP contribution in [0.25, 0.3) is 0 Å². The van der Waals surface area contributed by atoms with E-state index in [0.717, 1.165) is 11.1 Å². The van der Waals surface area contributed by atoms with Gasteiger partial charge in [0, 0.05) is 12.8 Å². The second-order valence-electron chi connectivity index (χ2n) is 1.82. The summed E-state index contributed by atoms with van der Waals surface area (Å²) in [5.41, 5.74) is 0. The molecule has 10 heavy (non-hydrogen) atoms. The average molecular weight is 205 g/mol. The number of ether oxygens (including phenoxy) is 1. The molecule has 0 spiro atoms. The molecule has 0 saturated heterocycles. The Hall–Kier alpha value is -0.350. The first-order chi connectivity index (χ1) is 4.83. The zero-order valence-electron chi connectivity index (χ0n) is 5.75. The Labute approximate surface area is 68.1 Å². The first kappa shape index (κ1) is 7.75. The SMILES string of the molecule is CCOCn1cc(Br)cn1. The summed E-state index contributed by atoms with van der Waals surface area (Å²) >= 11 is 3.29. The lowest BCUT2D eigenvalue weighted by Gasteiger charge is -1.98. The molecule has 0 aromatic carbocycles. The zero-order valence-corrected chi connectivity index (χ0v) is 7.34. The topological polar surface area (TPSA) is 27.1 Å². The number of nitrogens with zero attached hydrogens (tertiary/aromatic N) is 2. The monoisotopic (exact) mass is 204 g/mol. The minimum atomic E-state index is 0.530. The molecule has 0 amide bonds. The Balaban J connectivity index is 2.42. The molecule has 56 valence electrons. The quantitative estimate of drug-likeness (QED) is 0.749. The van der Waals surface area contributed by atoms with Crippen molar-refractivity contribution in [1.29, 1.82) is 0 Å². The van der Waals surface area contributed by atoms with Crippen molar-refractivity contribution in [2.24, 2.45) is 0 Å². The lowest BCUT2D eigenvalue weighted by atomic mass is 10.7. The molecule has 0 unspecified atom stereocenters. The Morgan fingerprint density at radius 1 is 1.80 bits per heavy atom. The fourth-order valence-electron chi connectivity index (χ4n) is 0.594. The van der Waals surface area contributed by atoms with E-state index in [1.54, 1.807) is 10.9 Å². The Morgan fingerprint density at radius 3 is 3.10 bits per heavy atom. The van der Waals surface area contributed by atoms with E-state index in [0.29, 0.717) is 6.73 Å². The summed E-state index contributed by atoms with van der Waals surface area (Å²) in [6.45, 7) is 3.21. The molecule has 0 aliphatic carbocycles. The van der Waals surface area contributed by atoms with Gasteiger partial charge in [0.1, 0.15) is 6.73 Å². The van der Waals surface area contributed by atoms with E-state index >= 15 is 0 Å². The van der Waals surface area contributed by atoms with Gasteiger partial charge in [0.15, 0.2) is 0 Å². The van der Waals surface area contributed by atoms with Gasteiger partial charge in [-0.25, -0.2) is 4.68 Å². The van der Waals surface area contributed by atoms with Crippen molar-refractivity contribution in [3.8, 4) is 0 Å². The maximum atomic E-state index is 5.11. The highest BCUT2D eigenvalue weighted by molar-refractivity contribution is 9.10. The van der Waals surface area contributed by atoms with Crippen LogP contribution in [0, 0.1) is 0 Å². The van der Waals surface area contributed by atoms with Crippen LogP contribution in [0.2, 0.25) is 0 Å². The van der Waals surface area contributed by atoms with Crippen LogP contribution < -0.4 is 0 Å². The van der Waals surface area contributed by atoms with Gasteiger partial charge in [0.05, 0.1) is 10.7 Å². The van der Waals surface area contributed by atoms with Crippen molar-refractivity contribution in [2.45, 2.75) is 13.7 Å². The summed E-state index contributed by atoms with van der Waals surface area (Å²) in [5, 5.41) is 4.00. The van der Waals surface area contributed by atoms with Crippen molar-refractivity contribution in [2.75, 3.05) is 6.61 Å². The van der Waals surface area contributed by atoms with Gasteiger partial charge in [-0.3, -0.25) is 0 Å². The second kappa shape index (κ2) is 3.73. The van der Waals surface area contributed by atoms with Crippen LogP contribution in [-0.4, -0.2) is 16.4 Å². The molecule has 0 bridgehead atoms. The molecular weight excluding hydrogens is 196 g/mol. The number of hydrogen-bond donors (Lipinski definition) is 0. The predicted molar refractivity (Wildman–Crippen MR) is 41.6 cm³/mol. The number of rotatable bonds is 3. The molecule has 1 heterocycles. The maximum absolute atomic E-state index is 5.11. The van der Waals surface area contributed by atoms with E-state index in [2.05, 4.69) is 21.0 Å². The van der Waals surface area contributed by atoms with Gasteiger partial charge in [-0.15, -0.1) is 0 Å². The van der Waals surface area contributed by atoms with E-state index < -0.39 is 0 Å². The molecule has 0 aliphatic heterocycles. The third-order valence-electron chi connectivity index (χ3n) is 1.03. The highest BCUT2D eigenvalue weighted by Crippen LogP contribution is 2.05. The predicted octanol–water partition coefficient (Wildman–Crippen LogP) is 1.64. The van der Waals surface area contributed by atoms with E-state index in [4.69, 9.17) is 4.74 Å². The summed E-state index contributed by atoms with van der Waals surface area (Å²) in [7, 11) is 0. The van der Waals surface area contributed by atoms with E-state index in [9.17, 15) is 0 Å². The van der Waals surface area contributed by atoms with Crippen LogP contribution >= 0.6 is 15.9 Å². The summed E-state index contributed by atoms with van der Waals surface area (Å²) in [5.74, 6) is 0. The minimum Gasteiger partial charge on any atom is -0.360 e. The summed E-state index contributed by atoms with van der Waals surface area (Å²) in [4.78, 5) is 0. The number of halogens is 1. The molecule has 0 aliphatic rings. The average Bonchev–Trinajstić information content (AvgIpc) is 2.31. The molecular formula is C6H9BrN2O. The first-order valence-corrected chi connectivity index (χ1v) is 3.88. The van der Waals surface area contributed by atoms with Crippen molar-refractivity contribution < 1.29 is 4.74 Å². The van der Waals surface area contributed by atoms with Crippen LogP contribution in [0.5, 0.6) is 0 Å². The lowest BCUT2D eigenvalue weighted by Crippen LogP contribution is -2.01. The Bertz CT molecular complexity index is 199. The maximum Gasteiger partial charge on any atom is 0.139 e. The van der Waals surface area contributed by atoms with Crippen molar-refractivity contribution in [1.82, 2.24) is 9.78 Å². The highest BCUT2D eigenvalue weighted by atomic mass is 79.9. The Morgan fingerprint density at radius 2 is 2.60 bits per heavy atom. The fraction of sp³-hybridized carbons (Fsp3) is 0.500. The lowest BCUT2D eigenvalue weighted by molar-refractivity contribution is 0.0791. The Kier molecular flexibility index (Phi) is 2.89. The fourth-order valence-corrected chi connectivity index (χ4v) is 0.922. The normalized spacial score (nSPS) is 10.2. The number of hydrogen-bond acceptors (Lipinski definition) is 2. The van der Waals surface area contributed by atoms with Crippen LogP contribution in [-0.2, 0) is 11.5 Å². The molecule has 4 heteroatoms. The van der Waals surface area contributed by atoms with Gasteiger partial charge in [-0.1, -0.05) is 0 Å². The summed E-state index contributed by atoms with van der Waals surface area (Å²) in [6, 6.07) is 0. The molecule has 0 N–H and O–H groups in total. The molecule has 0 fully saturated rings. The van der Waals surface area contributed by atoms with E-state index in [1.807, 2.05) is 13.1 Å². The molecule has 1 rings (SSSR count). The molecule has 3 nitrogen and oxygen atoms in total. The van der Waals surface area contributed by atoms with Crippen molar-refractivity contribution >= 4 is 15.9 Å². The van der Waals surface area contributed by atoms with Gasteiger partial charge in [0.25, 0.3) is 0 Å². The summed E-state index contributed by atoms with van der Waals surface area (Å²) < 4.78 is 7.82. The van der Waals surface area contributed by atoms with Crippen molar-refractivity contribution in [3.05, 3.63) is 16.9 Å². The second-order valence-corrected chi connectivity index (χ2v) is 2.74. The van der Waals surface area contributed by atoms with Gasteiger partial charge in [-0.05, 0) is 22.9 Å². The standard InChI is InChI=1S/C6H9BrN2O/c1-2-10-5-9-4-6(7)3-8-9/h3-4H,2,5H2,1H3. The molecule has 1 aromatic rings. The largest absolute Gasteiger partial charge is 0.360 e.